The molecule has 0 aromatic carbocycles. The maximum absolute atomic E-state index is 12.2. The summed E-state index contributed by atoms with van der Waals surface area (Å²) in [6.07, 6.45) is 9.10. The van der Waals surface area contributed by atoms with Gasteiger partial charge in [0.15, 0.2) is 0 Å². The van der Waals surface area contributed by atoms with Gasteiger partial charge in [0.05, 0.1) is 23.2 Å². The number of carboxylic acid groups (broad SMARTS) is 1. The molecule has 0 heterocycles. The van der Waals surface area contributed by atoms with Crippen molar-refractivity contribution in [1.29, 1.82) is 0 Å². The third kappa shape index (κ3) is 7.25. The number of ketones is 1. The van der Waals surface area contributed by atoms with Crippen LogP contribution in [0.5, 0.6) is 0 Å². The molecule has 148 valence electrons. The van der Waals surface area contributed by atoms with Crippen LogP contribution in [0.1, 0.15) is 44.9 Å². The molecular formula is C19H30O5S2. The van der Waals surface area contributed by atoms with Crippen molar-refractivity contribution in [2.24, 2.45) is 11.8 Å². The molecule has 2 aliphatic rings. The number of carbonyl (C=O) groups excluding carboxylic acids is 1. The van der Waals surface area contributed by atoms with Crippen LogP contribution in [0.15, 0.2) is 12.2 Å². The number of aliphatic hydroxyl groups is 2. The molecule has 26 heavy (non-hydrogen) atoms. The summed E-state index contributed by atoms with van der Waals surface area (Å²) in [4.78, 5) is 22.6. The first-order chi connectivity index (χ1) is 12.5. The maximum Gasteiger partial charge on any atom is 0.313 e. The fourth-order valence-corrected chi connectivity index (χ4v) is 5.95. The minimum Gasteiger partial charge on any atom is -0.481 e. The number of hydrogen-bond acceptors (Lipinski definition) is 6. The normalized spacial score (nSPS) is 28.2. The second kappa shape index (κ2) is 11.4. The Kier molecular flexibility index (Phi) is 9.53. The summed E-state index contributed by atoms with van der Waals surface area (Å²) in [5.74, 6) is 1.25. The van der Waals surface area contributed by atoms with Crippen molar-refractivity contribution in [1.82, 2.24) is 0 Å². The third-order valence-electron chi connectivity index (χ3n) is 5.08. The average Bonchev–Trinajstić information content (AvgIpc) is 3.17. The van der Waals surface area contributed by atoms with E-state index in [-0.39, 0.29) is 29.1 Å². The van der Waals surface area contributed by atoms with Crippen LogP contribution < -0.4 is 0 Å². The Morgan fingerprint density at radius 3 is 2.69 bits per heavy atom. The van der Waals surface area contributed by atoms with E-state index in [2.05, 4.69) is 0 Å². The lowest BCUT2D eigenvalue weighted by Gasteiger charge is -2.18. The van der Waals surface area contributed by atoms with Crippen molar-refractivity contribution in [3.05, 3.63) is 12.2 Å². The number of aliphatic carboxylic acids is 1. The van der Waals surface area contributed by atoms with Gasteiger partial charge in [-0.3, -0.25) is 9.59 Å². The second-order valence-corrected chi connectivity index (χ2v) is 9.60. The monoisotopic (exact) mass is 402 g/mol. The van der Waals surface area contributed by atoms with E-state index in [1.54, 1.807) is 17.8 Å². The van der Waals surface area contributed by atoms with Crippen molar-refractivity contribution in [2.45, 2.75) is 62.4 Å². The number of rotatable bonds is 11. The van der Waals surface area contributed by atoms with Gasteiger partial charge < -0.3 is 15.3 Å². The maximum atomic E-state index is 12.2. The Morgan fingerprint density at radius 1 is 1.27 bits per heavy atom. The van der Waals surface area contributed by atoms with E-state index >= 15 is 0 Å². The highest BCUT2D eigenvalue weighted by atomic mass is 32.2. The fraction of sp³-hybridized carbons (Fsp3) is 0.789. The smallest absolute Gasteiger partial charge is 0.313 e. The van der Waals surface area contributed by atoms with Gasteiger partial charge in [-0.25, -0.2) is 0 Å². The van der Waals surface area contributed by atoms with E-state index < -0.39 is 18.2 Å². The molecule has 3 N–H and O–H groups in total. The van der Waals surface area contributed by atoms with Crippen molar-refractivity contribution in [2.75, 3.05) is 17.3 Å². The molecule has 7 heteroatoms. The van der Waals surface area contributed by atoms with E-state index in [4.69, 9.17) is 5.11 Å². The van der Waals surface area contributed by atoms with Gasteiger partial charge in [0.2, 0.25) is 0 Å². The van der Waals surface area contributed by atoms with Gasteiger partial charge in [-0.05, 0) is 30.3 Å². The highest BCUT2D eigenvalue weighted by Crippen LogP contribution is 2.35. The van der Waals surface area contributed by atoms with Gasteiger partial charge in [0.25, 0.3) is 0 Å². The second-order valence-electron chi connectivity index (χ2n) is 7.24. The number of aliphatic hydroxyl groups excluding tert-OH is 2. The number of carbonyl (C=O) groups is 2. The van der Waals surface area contributed by atoms with E-state index in [1.807, 2.05) is 6.08 Å². The molecule has 0 unspecified atom stereocenters. The number of carboxylic acids is 1. The minimum absolute atomic E-state index is 0.0700. The molecule has 0 saturated heterocycles. The largest absolute Gasteiger partial charge is 0.481 e. The Labute approximate surface area is 164 Å². The SMILES string of the molecule is O=C(O)CSCCCS[C@H]1C(=O)C[C@@H](O)[C@@H]1/C=C/[C@@H](O)CC1CCCC1. The first kappa shape index (κ1) is 21.8. The molecule has 0 aromatic heterocycles. The Hall–Kier alpha value is -0.500. The molecule has 2 aliphatic carbocycles. The molecule has 0 spiro atoms. The van der Waals surface area contributed by atoms with Gasteiger partial charge >= 0.3 is 5.97 Å². The highest BCUT2D eigenvalue weighted by molar-refractivity contribution is 8.01. The zero-order valence-corrected chi connectivity index (χ0v) is 16.7. The summed E-state index contributed by atoms with van der Waals surface area (Å²) in [7, 11) is 0. The van der Waals surface area contributed by atoms with Crippen molar-refractivity contribution >= 4 is 35.3 Å². The molecule has 2 rings (SSSR count). The summed E-state index contributed by atoms with van der Waals surface area (Å²) in [6.45, 7) is 0. The van der Waals surface area contributed by atoms with Gasteiger partial charge in [-0.15, -0.1) is 11.8 Å². The van der Waals surface area contributed by atoms with Crippen molar-refractivity contribution < 1.29 is 24.9 Å². The molecule has 0 aliphatic heterocycles. The Bertz CT molecular complexity index is 490. The predicted octanol–water partition coefficient (Wildman–Crippen LogP) is 2.74. The standard InChI is InChI=1S/C19H30O5S2/c20-14(10-13-4-1-2-5-13)6-7-15-16(21)11-17(22)19(15)26-9-3-8-25-12-18(23)24/h6-7,13-16,19-21H,1-5,8-12H2,(H,23,24)/b7-6+/t14-,15+,16-,19-/m1/s1. The average molecular weight is 403 g/mol. The molecule has 0 bridgehead atoms. The molecule has 5 nitrogen and oxygen atoms in total. The van der Waals surface area contributed by atoms with Gasteiger partial charge in [-0.2, -0.15) is 11.8 Å². The van der Waals surface area contributed by atoms with E-state index in [0.717, 1.165) is 24.3 Å². The minimum atomic E-state index is -0.807. The summed E-state index contributed by atoms with van der Waals surface area (Å²) >= 11 is 2.93. The third-order valence-corrected chi connectivity index (χ3v) is 7.57. The zero-order chi connectivity index (χ0) is 18.9. The summed E-state index contributed by atoms with van der Waals surface area (Å²) in [5.41, 5.74) is 0. The number of Topliss-reactive ketones (excluding diaryl/α,β-unsaturated/α-hetero) is 1. The zero-order valence-electron chi connectivity index (χ0n) is 15.1. The van der Waals surface area contributed by atoms with Crippen LogP contribution in [0.2, 0.25) is 0 Å². The predicted molar refractivity (Wildman–Crippen MR) is 107 cm³/mol. The van der Waals surface area contributed by atoms with Crippen LogP contribution in [0.4, 0.5) is 0 Å². The Morgan fingerprint density at radius 2 is 2.00 bits per heavy atom. The van der Waals surface area contributed by atoms with Crippen molar-refractivity contribution in [3.8, 4) is 0 Å². The first-order valence-corrected chi connectivity index (χ1v) is 11.7. The lowest BCUT2D eigenvalue weighted by Crippen LogP contribution is -2.22. The summed E-state index contributed by atoms with van der Waals surface area (Å²) in [6, 6.07) is 0. The molecule has 0 aromatic rings. The first-order valence-electron chi connectivity index (χ1n) is 9.45. The van der Waals surface area contributed by atoms with E-state index in [1.165, 1.54) is 37.4 Å². The van der Waals surface area contributed by atoms with Crippen LogP contribution in [0.25, 0.3) is 0 Å². The molecule has 2 saturated carbocycles. The van der Waals surface area contributed by atoms with E-state index in [0.29, 0.717) is 5.92 Å². The molecule has 2 fully saturated rings. The van der Waals surface area contributed by atoms with Crippen LogP contribution in [0, 0.1) is 11.8 Å². The van der Waals surface area contributed by atoms with E-state index in [9.17, 15) is 19.8 Å². The topological polar surface area (TPSA) is 94.8 Å². The number of hydrogen-bond donors (Lipinski definition) is 3. The summed E-state index contributed by atoms with van der Waals surface area (Å²) in [5, 5.41) is 28.8. The van der Waals surface area contributed by atoms with Gasteiger partial charge in [-0.1, -0.05) is 37.8 Å². The van der Waals surface area contributed by atoms with Gasteiger partial charge in [0.1, 0.15) is 5.78 Å². The molecule has 0 radical (unpaired) electrons. The summed E-state index contributed by atoms with van der Waals surface area (Å²) < 4.78 is 0. The highest BCUT2D eigenvalue weighted by Gasteiger charge is 2.40. The van der Waals surface area contributed by atoms with Crippen molar-refractivity contribution in [3.63, 3.8) is 0 Å². The number of thioether (sulfide) groups is 2. The van der Waals surface area contributed by atoms with Crippen LogP contribution >= 0.6 is 23.5 Å². The van der Waals surface area contributed by atoms with Crippen LogP contribution in [0.3, 0.4) is 0 Å². The van der Waals surface area contributed by atoms with Gasteiger partial charge in [0, 0.05) is 12.3 Å². The quantitative estimate of drug-likeness (QED) is 0.361. The molecular weight excluding hydrogens is 372 g/mol. The lowest BCUT2D eigenvalue weighted by molar-refractivity contribution is -0.133. The Balaban J connectivity index is 1.75. The lowest BCUT2D eigenvalue weighted by atomic mass is 9.98. The molecule has 0 amide bonds. The van der Waals surface area contributed by atoms with Crippen LogP contribution in [-0.2, 0) is 9.59 Å². The fourth-order valence-electron chi connectivity index (χ4n) is 3.76. The van der Waals surface area contributed by atoms with Crippen LogP contribution in [-0.4, -0.2) is 61.8 Å². The molecule has 4 atom stereocenters.